The van der Waals surface area contributed by atoms with Gasteiger partial charge in [0.05, 0.1) is 13.1 Å². The van der Waals surface area contributed by atoms with Crippen LogP contribution < -0.4 is 10.5 Å². The van der Waals surface area contributed by atoms with Crippen molar-refractivity contribution < 1.29 is 12.9 Å². The molecule has 0 atom stereocenters. The summed E-state index contributed by atoms with van der Waals surface area (Å²) in [5.41, 5.74) is 5.74. The van der Waals surface area contributed by atoms with Crippen LogP contribution in [0.5, 0.6) is 0 Å². The molecule has 0 bridgehead atoms. The Morgan fingerprint density at radius 2 is 2.24 bits per heavy atom. The maximum Gasteiger partial charge on any atom is 0.242 e. The lowest BCUT2D eigenvalue weighted by Gasteiger charge is -2.04. The first-order chi connectivity index (χ1) is 10.0. The number of hydrogen-bond acceptors (Lipinski definition) is 7. The lowest BCUT2D eigenvalue weighted by molar-refractivity contribution is 0.387. The molecule has 0 aromatic carbocycles. The van der Waals surface area contributed by atoms with E-state index in [2.05, 4.69) is 31.7 Å². The molecule has 0 radical (unpaired) electrons. The van der Waals surface area contributed by atoms with E-state index < -0.39 is 10.0 Å². The molecule has 8 nitrogen and oxygen atoms in total. The number of nitrogens with two attached hydrogens (primary N) is 1. The zero-order valence-electron chi connectivity index (χ0n) is 11.2. The summed E-state index contributed by atoms with van der Waals surface area (Å²) in [5.74, 6) is 5.98. The van der Waals surface area contributed by atoms with Crippen LogP contribution in [0.15, 0.2) is 27.9 Å². The molecule has 0 saturated carbocycles. The third-order valence-electron chi connectivity index (χ3n) is 2.35. The molecule has 0 unspecified atom stereocenters. The standard InChI is InChI=1S/C12H13N5O3S/c1-9-16-12(17-20-9)8-15-21(18,19)11-5-10(3-2-4-13)6-14-7-11/h5-7,15H,4,8,13H2,1H3. The molecular formula is C12H13N5O3S. The van der Waals surface area contributed by atoms with E-state index >= 15 is 0 Å². The van der Waals surface area contributed by atoms with Gasteiger partial charge in [-0.2, -0.15) is 4.98 Å². The van der Waals surface area contributed by atoms with Crippen molar-refractivity contribution in [3.8, 4) is 11.8 Å². The zero-order chi connectivity index (χ0) is 15.3. The molecule has 3 N–H and O–H groups in total. The van der Waals surface area contributed by atoms with Gasteiger partial charge in [0, 0.05) is 24.9 Å². The first-order valence-corrected chi connectivity index (χ1v) is 7.42. The van der Waals surface area contributed by atoms with Gasteiger partial charge in [0.25, 0.3) is 0 Å². The van der Waals surface area contributed by atoms with Crippen molar-refractivity contribution in [3.63, 3.8) is 0 Å². The fourth-order valence-corrected chi connectivity index (χ4v) is 2.41. The van der Waals surface area contributed by atoms with Gasteiger partial charge in [-0.1, -0.05) is 17.0 Å². The van der Waals surface area contributed by atoms with Gasteiger partial charge < -0.3 is 10.3 Å². The summed E-state index contributed by atoms with van der Waals surface area (Å²) in [7, 11) is -3.73. The molecule has 110 valence electrons. The Morgan fingerprint density at radius 1 is 1.43 bits per heavy atom. The normalized spacial score (nSPS) is 11.0. The maximum absolute atomic E-state index is 12.1. The van der Waals surface area contributed by atoms with Crippen LogP contribution in [-0.2, 0) is 16.6 Å². The number of rotatable bonds is 4. The molecule has 2 aromatic rings. The molecule has 2 aromatic heterocycles. The van der Waals surface area contributed by atoms with Gasteiger partial charge in [-0.3, -0.25) is 4.98 Å². The molecule has 0 amide bonds. The van der Waals surface area contributed by atoms with Crippen LogP contribution in [0.3, 0.4) is 0 Å². The highest BCUT2D eigenvalue weighted by atomic mass is 32.2. The van der Waals surface area contributed by atoms with Crippen LogP contribution in [0, 0.1) is 18.8 Å². The molecule has 0 fully saturated rings. The number of hydrogen-bond donors (Lipinski definition) is 2. The molecular weight excluding hydrogens is 294 g/mol. The number of aryl methyl sites for hydroxylation is 1. The Labute approximate surface area is 121 Å². The van der Waals surface area contributed by atoms with Crippen LogP contribution in [0.4, 0.5) is 0 Å². The van der Waals surface area contributed by atoms with Gasteiger partial charge in [0.15, 0.2) is 5.82 Å². The van der Waals surface area contributed by atoms with Crippen molar-refractivity contribution in [1.29, 1.82) is 0 Å². The summed E-state index contributed by atoms with van der Waals surface area (Å²) in [4.78, 5) is 7.77. The average molecular weight is 307 g/mol. The van der Waals surface area contributed by atoms with E-state index in [0.717, 1.165) is 0 Å². The molecule has 0 aliphatic heterocycles. The quantitative estimate of drug-likeness (QED) is 0.734. The fraction of sp³-hybridized carbons (Fsp3) is 0.250. The highest BCUT2D eigenvalue weighted by Crippen LogP contribution is 2.09. The van der Waals surface area contributed by atoms with Gasteiger partial charge in [-0.05, 0) is 6.07 Å². The number of aromatic nitrogens is 3. The molecule has 0 spiro atoms. The smallest absolute Gasteiger partial charge is 0.242 e. The molecule has 0 aliphatic carbocycles. The Hall–Kier alpha value is -2.28. The van der Waals surface area contributed by atoms with Crippen LogP contribution in [0.25, 0.3) is 0 Å². The van der Waals surface area contributed by atoms with E-state index in [4.69, 9.17) is 10.3 Å². The summed E-state index contributed by atoms with van der Waals surface area (Å²) in [6.07, 6.45) is 2.70. The summed E-state index contributed by atoms with van der Waals surface area (Å²) in [6.45, 7) is 1.74. The van der Waals surface area contributed by atoms with Crippen LogP contribution in [-0.4, -0.2) is 30.1 Å². The van der Waals surface area contributed by atoms with Crippen molar-refractivity contribution in [2.24, 2.45) is 5.73 Å². The Balaban J connectivity index is 2.15. The number of sulfonamides is 1. The van der Waals surface area contributed by atoms with E-state index in [1.807, 2.05) is 0 Å². The fourth-order valence-electron chi connectivity index (χ4n) is 1.44. The molecule has 9 heteroatoms. The lowest BCUT2D eigenvalue weighted by atomic mass is 10.3. The molecule has 2 heterocycles. The van der Waals surface area contributed by atoms with Crippen molar-refractivity contribution in [2.75, 3.05) is 6.54 Å². The van der Waals surface area contributed by atoms with E-state index in [9.17, 15) is 8.42 Å². The highest BCUT2D eigenvalue weighted by molar-refractivity contribution is 7.89. The minimum atomic E-state index is -3.73. The first kappa shape index (κ1) is 15.1. The van der Waals surface area contributed by atoms with Crippen molar-refractivity contribution in [3.05, 3.63) is 35.7 Å². The van der Waals surface area contributed by atoms with Crippen molar-refractivity contribution in [2.45, 2.75) is 18.4 Å². The summed E-state index contributed by atoms with van der Waals surface area (Å²) >= 11 is 0. The van der Waals surface area contributed by atoms with E-state index in [1.165, 1.54) is 18.5 Å². The highest BCUT2D eigenvalue weighted by Gasteiger charge is 2.16. The molecule has 0 aliphatic rings. The maximum atomic E-state index is 12.1. The Bertz CT molecular complexity index is 788. The van der Waals surface area contributed by atoms with E-state index in [0.29, 0.717) is 11.5 Å². The number of pyridine rings is 1. The first-order valence-electron chi connectivity index (χ1n) is 5.94. The van der Waals surface area contributed by atoms with Gasteiger partial charge in [0.2, 0.25) is 15.9 Å². The lowest BCUT2D eigenvalue weighted by Crippen LogP contribution is -2.24. The molecule has 2 rings (SSSR count). The topological polar surface area (TPSA) is 124 Å². The Morgan fingerprint density at radius 3 is 2.90 bits per heavy atom. The predicted molar refractivity (Wildman–Crippen MR) is 73.2 cm³/mol. The van der Waals surface area contributed by atoms with Crippen LogP contribution in [0.2, 0.25) is 0 Å². The minimum absolute atomic E-state index is 0.00605. The Kier molecular flexibility index (Phi) is 4.64. The van der Waals surface area contributed by atoms with Crippen LogP contribution in [0.1, 0.15) is 17.3 Å². The monoisotopic (exact) mass is 307 g/mol. The average Bonchev–Trinajstić information content (AvgIpc) is 2.89. The van der Waals surface area contributed by atoms with E-state index in [-0.39, 0.29) is 23.8 Å². The second kappa shape index (κ2) is 6.45. The summed E-state index contributed by atoms with van der Waals surface area (Å²) in [6, 6.07) is 1.42. The zero-order valence-corrected chi connectivity index (χ0v) is 12.0. The van der Waals surface area contributed by atoms with Crippen LogP contribution >= 0.6 is 0 Å². The summed E-state index contributed by atoms with van der Waals surface area (Å²) < 4.78 is 31.4. The predicted octanol–water partition coefficient (Wildman–Crippen LogP) is -0.438. The number of nitrogens with zero attached hydrogens (tertiary/aromatic N) is 3. The summed E-state index contributed by atoms with van der Waals surface area (Å²) in [5, 5.41) is 3.61. The SMILES string of the molecule is Cc1nc(CNS(=O)(=O)c2cncc(C#CCN)c2)no1. The second-order valence-electron chi connectivity index (χ2n) is 3.97. The van der Waals surface area contributed by atoms with Gasteiger partial charge in [-0.15, -0.1) is 0 Å². The molecule has 21 heavy (non-hydrogen) atoms. The van der Waals surface area contributed by atoms with Gasteiger partial charge in [0.1, 0.15) is 4.90 Å². The van der Waals surface area contributed by atoms with Gasteiger partial charge >= 0.3 is 0 Å². The van der Waals surface area contributed by atoms with E-state index in [1.54, 1.807) is 6.92 Å². The second-order valence-corrected chi connectivity index (χ2v) is 5.74. The van der Waals surface area contributed by atoms with Gasteiger partial charge in [-0.25, -0.2) is 13.1 Å². The molecule has 0 saturated heterocycles. The van der Waals surface area contributed by atoms with Crippen molar-refractivity contribution >= 4 is 10.0 Å². The third kappa shape index (κ3) is 4.09. The number of nitrogens with one attached hydrogen (secondary N) is 1. The third-order valence-corrected chi connectivity index (χ3v) is 3.72. The largest absolute Gasteiger partial charge is 0.340 e. The minimum Gasteiger partial charge on any atom is -0.340 e. The van der Waals surface area contributed by atoms with Crippen molar-refractivity contribution in [1.82, 2.24) is 19.8 Å².